The Morgan fingerprint density at radius 1 is 1.08 bits per heavy atom. The Hall–Kier alpha value is -1.94. The van der Waals surface area contributed by atoms with Crippen LogP contribution in [0.3, 0.4) is 0 Å². The summed E-state index contributed by atoms with van der Waals surface area (Å²) in [6.45, 7) is 2.84. The Morgan fingerprint density at radius 2 is 1.81 bits per heavy atom. The molecule has 0 radical (unpaired) electrons. The number of anilines is 1. The van der Waals surface area contributed by atoms with Gasteiger partial charge in [-0.15, -0.1) is 0 Å². The summed E-state index contributed by atoms with van der Waals surface area (Å²) < 4.78 is 65.1. The van der Waals surface area contributed by atoms with Gasteiger partial charge >= 0.3 is 6.18 Å². The number of benzene rings is 1. The molecule has 142 valence electrons. The highest BCUT2D eigenvalue weighted by atomic mass is 32.2. The Balaban J connectivity index is 1.99. The summed E-state index contributed by atoms with van der Waals surface area (Å²) >= 11 is 0. The van der Waals surface area contributed by atoms with Crippen LogP contribution in [0.25, 0.3) is 10.9 Å². The van der Waals surface area contributed by atoms with E-state index < -0.39 is 22.0 Å². The average Bonchev–Trinajstić information content (AvgIpc) is 2.86. The molecule has 1 aromatic heterocycles. The third kappa shape index (κ3) is 3.75. The Kier molecular flexibility index (Phi) is 5.07. The molecule has 6 nitrogen and oxygen atoms in total. The van der Waals surface area contributed by atoms with Gasteiger partial charge in [-0.05, 0) is 25.5 Å². The number of aromatic nitrogens is 2. The first-order chi connectivity index (χ1) is 12.2. The molecule has 1 fully saturated rings. The summed E-state index contributed by atoms with van der Waals surface area (Å²) in [5.41, 5.74) is 0.215. The molecular formula is C16H19F3N4O2S. The Bertz CT molecular complexity index is 902. The van der Waals surface area contributed by atoms with Crippen LogP contribution in [0.4, 0.5) is 19.0 Å². The SMILES string of the molecule is CCS(=O)(=O)N1CCCN(c2nc(C(F)(F)F)nc3ccccc23)CC1. The predicted molar refractivity (Wildman–Crippen MR) is 92.4 cm³/mol. The molecule has 0 atom stereocenters. The zero-order valence-corrected chi connectivity index (χ0v) is 15.0. The van der Waals surface area contributed by atoms with Crippen molar-refractivity contribution in [1.29, 1.82) is 0 Å². The van der Waals surface area contributed by atoms with Crippen LogP contribution in [0.5, 0.6) is 0 Å². The maximum absolute atomic E-state index is 13.2. The van der Waals surface area contributed by atoms with E-state index in [-0.39, 0.29) is 30.2 Å². The van der Waals surface area contributed by atoms with E-state index in [9.17, 15) is 21.6 Å². The molecule has 0 bridgehead atoms. The Labute approximate surface area is 149 Å². The molecule has 3 rings (SSSR count). The van der Waals surface area contributed by atoms with E-state index in [0.29, 0.717) is 24.9 Å². The molecule has 26 heavy (non-hydrogen) atoms. The van der Waals surface area contributed by atoms with Crippen molar-refractivity contribution in [2.24, 2.45) is 0 Å². The highest BCUT2D eigenvalue weighted by Gasteiger charge is 2.36. The van der Waals surface area contributed by atoms with Crippen molar-refractivity contribution in [1.82, 2.24) is 14.3 Å². The van der Waals surface area contributed by atoms with E-state index in [1.165, 1.54) is 10.4 Å². The summed E-state index contributed by atoms with van der Waals surface area (Å²) in [5, 5.41) is 0.521. The van der Waals surface area contributed by atoms with Crippen LogP contribution in [-0.2, 0) is 16.2 Å². The number of sulfonamides is 1. The normalized spacial score (nSPS) is 17.5. The number of alkyl halides is 3. The molecule has 1 saturated heterocycles. The minimum atomic E-state index is -4.65. The van der Waals surface area contributed by atoms with Crippen molar-refractivity contribution < 1.29 is 21.6 Å². The number of hydrogen-bond acceptors (Lipinski definition) is 5. The summed E-state index contributed by atoms with van der Waals surface area (Å²) in [6.07, 6.45) is -4.14. The minimum absolute atomic E-state index is 0.00165. The number of hydrogen-bond donors (Lipinski definition) is 0. The van der Waals surface area contributed by atoms with Crippen molar-refractivity contribution in [3.63, 3.8) is 0 Å². The van der Waals surface area contributed by atoms with Gasteiger partial charge < -0.3 is 4.90 Å². The zero-order chi connectivity index (χ0) is 18.9. The van der Waals surface area contributed by atoms with Gasteiger partial charge in [-0.25, -0.2) is 22.7 Å². The fourth-order valence-electron chi connectivity index (χ4n) is 2.99. The van der Waals surface area contributed by atoms with Crippen molar-refractivity contribution in [2.45, 2.75) is 19.5 Å². The second-order valence-electron chi connectivity index (χ2n) is 6.03. The molecule has 2 heterocycles. The molecule has 1 aliphatic rings. The second-order valence-corrected chi connectivity index (χ2v) is 8.28. The van der Waals surface area contributed by atoms with Crippen LogP contribution >= 0.6 is 0 Å². The van der Waals surface area contributed by atoms with Gasteiger partial charge in [0, 0.05) is 31.6 Å². The maximum atomic E-state index is 13.2. The number of halogens is 3. The molecule has 1 aromatic carbocycles. The van der Waals surface area contributed by atoms with E-state index in [0.717, 1.165) is 0 Å². The van der Waals surface area contributed by atoms with Gasteiger partial charge in [0.15, 0.2) is 0 Å². The first-order valence-corrected chi connectivity index (χ1v) is 9.90. The van der Waals surface area contributed by atoms with E-state index in [1.807, 2.05) is 0 Å². The lowest BCUT2D eigenvalue weighted by atomic mass is 10.2. The van der Waals surface area contributed by atoms with E-state index in [1.54, 1.807) is 30.0 Å². The van der Waals surface area contributed by atoms with Gasteiger partial charge in [0.2, 0.25) is 15.8 Å². The molecule has 0 saturated carbocycles. The van der Waals surface area contributed by atoms with Gasteiger partial charge in [0.05, 0.1) is 11.3 Å². The van der Waals surface area contributed by atoms with Crippen molar-refractivity contribution in [3.05, 3.63) is 30.1 Å². The molecular weight excluding hydrogens is 369 g/mol. The lowest BCUT2D eigenvalue weighted by molar-refractivity contribution is -0.144. The van der Waals surface area contributed by atoms with Crippen LogP contribution in [0.1, 0.15) is 19.2 Å². The first kappa shape index (κ1) is 18.8. The van der Waals surface area contributed by atoms with Crippen molar-refractivity contribution >= 4 is 26.7 Å². The molecule has 0 spiro atoms. The number of rotatable bonds is 3. The number of nitrogens with zero attached hydrogens (tertiary/aromatic N) is 4. The summed E-state index contributed by atoms with van der Waals surface area (Å²) in [6, 6.07) is 6.53. The highest BCUT2D eigenvalue weighted by molar-refractivity contribution is 7.89. The van der Waals surface area contributed by atoms with Gasteiger partial charge in [-0.1, -0.05) is 12.1 Å². The van der Waals surface area contributed by atoms with Gasteiger partial charge in [-0.2, -0.15) is 13.2 Å². The lowest BCUT2D eigenvalue weighted by Gasteiger charge is -2.24. The van der Waals surface area contributed by atoms with Crippen LogP contribution in [0.15, 0.2) is 24.3 Å². The fraction of sp³-hybridized carbons (Fsp3) is 0.500. The molecule has 2 aromatic rings. The first-order valence-electron chi connectivity index (χ1n) is 8.29. The molecule has 0 aliphatic carbocycles. The topological polar surface area (TPSA) is 66.4 Å². The molecule has 10 heteroatoms. The third-order valence-electron chi connectivity index (χ3n) is 4.35. The molecule has 1 aliphatic heterocycles. The van der Waals surface area contributed by atoms with Crippen LogP contribution in [0, 0.1) is 0 Å². The summed E-state index contributed by atoms with van der Waals surface area (Å²) in [4.78, 5) is 9.10. The minimum Gasteiger partial charge on any atom is -0.355 e. The maximum Gasteiger partial charge on any atom is 0.451 e. The Morgan fingerprint density at radius 3 is 2.50 bits per heavy atom. The standard InChI is InChI=1S/C16H19F3N4O2S/c1-2-26(24,25)23-9-5-8-22(10-11-23)14-12-6-3-4-7-13(12)20-15(21-14)16(17,18)19/h3-4,6-7H,2,5,8-11H2,1H3. The largest absolute Gasteiger partial charge is 0.451 e. The summed E-state index contributed by atoms with van der Waals surface area (Å²) in [5.74, 6) is -0.992. The predicted octanol–water partition coefficient (Wildman–Crippen LogP) is 2.51. The monoisotopic (exact) mass is 388 g/mol. The second kappa shape index (κ2) is 6.99. The van der Waals surface area contributed by atoms with Crippen molar-refractivity contribution in [3.8, 4) is 0 Å². The highest BCUT2D eigenvalue weighted by Crippen LogP contribution is 2.32. The lowest BCUT2D eigenvalue weighted by Crippen LogP contribution is -2.36. The van der Waals surface area contributed by atoms with E-state index in [4.69, 9.17) is 0 Å². The van der Waals surface area contributed by atoms with E-state index in [2.05, 4.69) is 9.97 Å². The quantitative estimate of drug-likeness (QED) is 0.808. The van der Waals surface area contributed by atoms with Gasteiger partial charge in [-0.3, -0.25) is 0 Å². The zero-order valence-electron chi connectivity index (χ0n) is 14.2. The number of para-hydroxylation sites is 1. The van der Waals surface area contributed by atoms with Crippen LogP contribution in [-0.4, -0.2) is 54.6 Å². The fourth-order valence-corrected chi connectivity index (χ4v) is 4.13. The average molecular weight is 388 g/mol. The van der Waals surface area contributed by atoms with E-state index >= 15 is 0 Å². The third-order valence-corrected chi connectivity index (χ3v) is 6.23. The molecule has 0 N–H and O–H groups in total. The molecule has 0 unspecified atom stereocenters. The summed E-state index contributed by atoms with van der Waals surface area (Å²) in [7, 11) is -3.33. The number of fused-ring (bicyclic) bond motifs is 1. The molecule has 0 amide bonds. The van der Waals surface area contributed by atoms with Gasteiger partial charge in [0.1, 0.15) is 5.82 Å². The smallest absolute Gasteiger partial charge is 0.355 e. The van der Waals surface area contributed by atoms with Crippen molar-refractivity contribution in [2.75, 3.05) is 36.8 Å². The van der Waals surface area contributed by atoms with Gasteiger partial charge in [0.25, 0.3) is 0 Å². The van der Waals surface area contributed by atoms with Crippen LogP contribution < -0.4 is 4.90 Å². The van der Waals surface area contributed by atoms with Crippen LogP contribution in [0.2, 0.25) is 0 Å².